The van der Waals surface area contributed by atoms with Crippen molar-refractivity contribution in [3.63, 3.8) is 0 Å². The summed E-state index contributed by atoms with van der Waals surface area (Å²) < 4.78 is 5.07. The Bertz CT molecular complexity index is 662. The highest BCUT2D eigenvalue weighted by Crippen LogP contribution is 2.29. The number of nitrogens with one attached hydrogen (secondary N) is 1. The van der Waals surface area contributed by atoms with E-state index in [0.717, 1.165) is 13.1 Å². The van der Waals surface area contributed by atoms with Gasteiger partial charge in [-0.05, 0) is 32.0 Å². The fourth-order valence-electron chi connectivity index (χ4n) is 2.26. The molecule has 0 saturated carbocycles. The SMILES string of the molecule is CCN(CC)C1=NC(=O)C(CC(=O)Nc2ccc(OC)c(Cl)c2)S1. The standard InChI is InChI=1S/C16H20ClN3O3S/c1-4-20(5-2)16-19-15(22)13(24-16)9-14(21)18-10-6-7-12(23-3)11(17)8-10/h6-8,13H,4-5,9H2,1-3H3,(H,18,21). The quantitative estimate of drug-likeness (QED) is 0.834. The summed E-state index contributed by atoms with van der Waals surface area (Å²) in [6.45, 7) is 5.56. The van der Waals surface area contributed by atoms with Gasteiger partial charge in [-0.3, -0.25) is 9.59 Å². The summed E-state index contributed by atoms with van der Waals surface area (Å²) in [5, 5.41) is 3.37. The van der Waals surface area contributed by atoms with Gasteiger partial charge in [0.05, 0.1) is 12.1 Å². The third kappa shape index (κ3) is 4.42. The lowest BCUT2D eigenvalue weighted by Crippen LogP contribution is -2.27. The summed E-state index contributed by atoms with van der Waals surface area (Å²) in [4.78, 5) is 30.2. The number of hydrogen-bond donors (Lipinski definition) is 1. The number of hydrogen-bond acceptors (Lipinski definition) is 5. The van der Waals surface area contributed by atoms with Gasteiger partial charge in [-0.1, -0.05) is 23.4 Å². The van der Waals surface area contributed by atoms with E-state index >= 15 is 0 Å². The average molecular weight is 370 g/mol. The van der Waals surface area contributed by atoms with Crippen molar-refractivity contribution in [1.29, 1.82) is 0 Å². The van der Waals surface area contributed by atoms with Crippen LogP contribution in [0.5, 0.6) is 5.75 Å². The minimum atomic E-state index is -0.477. The van der Waals surface area contributed by atoms with Crippen LogP contribution in [0, 0.1) is 0 Å². The molecule has 1 atom stereocenters. The molecule has 24 heavy (non-hydrogen) atoms. The third-order valence-corrected chi connectivity index (χ3v) is 5.08. The Kier molecular flexibility index (Phi) is 6.51. The molecule has 0 radical (unpaired) electrons. The van der Waals surface area contributed by atoms with Crippen molar-refractivity contribution in [3.05, 3.63) is 23.2 Å². The van der Waals surface area contributed by atoms with Crippen LogP contribution in [0.3, 0.4) is 0 Å². The lowest BCUT2D eigenvalue weighted by Gasteiger charge is -2.19. The minimum absolute atomic E-state index is 0.0709. The number of carbonyl (C=O) groups excluding carboxylic acids is 2. The highest BCUT2D eigenvalue weighted by atomic mass is 35.5. The van der Waals surface area contributed by atoms with E-state index in [2.05, 4.69) is 10.3 Å². The molecule has 1 N–H and O–H groups in total. The number of ether oxygens (including phenoxy) is 1. The average Bonchev–Trinajstić information content (AvgIpc) is 2.89. The maximum absolute atomic E-state index is 12.2. The first-order valence-corrected chi connectivity index (χ1v) is 8.91. The molecule has 1 heterocycles. The van der Waals surface area contributed by atoms with Crippen LogP contribution in [0.15, 0.2) is 23.2 Å². The molecule has 1 aliphatic heterocycles. The lowest BCUT2D eigenvalue weighted by atomic mass is 10.2. The molecule has 0 bridgehead atoms. The summed E-state index contributed by atoms with van der Waals surface area (Å²) >= 11 is 7.38. The van der Waals surface area contributed by atoms with E-state index < -0.39 is 5.25 Å². The fraction of sp³-hybridized carbons (Fsp3) is 0.438. The number of amidine groups is 1. The predicted octanol–water partition coefficient (Wildman–Crippen LogP) is 3.02. The number of benzene rings is 1. The molecule has 8 heteroatoms. The molecule has 2 rings (SSSR count). The number of anilines is 1. The van der Waals surface area contributed by atoms with Gasteiger partial charge in [0, 0.05) is 25.2 Å². The van der Waals surface area contributed by atoms with E-state index in [1.54, 1.807) is 18.2 Å². The first-order chi connectivity index (χ1) is 11.5. The van der Waals surface area contributed by atoms with Crippen LogP contribution in [-0.2, 0) is 9.59 Å². The molecule has 2 amide bonds. The minimum Gasteiger partial charge on any atom is -0.495 e. The van der Waals surface area contributed by atoms with E-state index in [-0.39, 0.29) is 18.2 Å². The zero-order chi connectivity index (χ0) is 17.7. The second kappa shape index (κ2) is 8.39. The lowest BCUT2D eigenvalue weighted by molar-refractivity contribution is -0.121. The van der Waals surface area contributed by atoms with Gasteiger partial charge in [0.1, 0.15) is 11.0 Å². The molecular weight excluding hydrogens is 350 g/mol. The fourth-order valence-corrected chi connectivity index (χ4v) is 3.71. The normalized spacial score (nSPS) is 16.8. The molecule has 1 unspecified atom stereocenters. The van der Waals surface area contributed by atoms with Crippen LogP contribution in [-0.4, -0.2) is 47.3 Å². The van der Waals surface area contributed by atoms with Gasteiger partial charge in [0.25, 0.3) is 5.91 Å². The van der Waals surface area contributed by atoms with Gasteiger partial charge < -0.3 is 15.0 Å². The third-order valence-electron chi connectivity index (χ3n) is 3.57. The summed E-state index contributed by atoms with van der Waals surface area (Å²) in [7, 11) is 1.52. The maximum atomic E-state index is 12.2. The van der Waals surface area contributed by atoms with Crippen molar-refractivity contribution in [1.82, 2.24) is 4.90 Å². The van der Waals surface area contributed by atoms with Crippen molar-refractivity contribution < 1.29 is 14.3 Å². The largest absolute Gasteiger partial charge is 0.495 e. The first-order valence-electron chi connectivity index (χ1n) is 7.66. The van der Waals surface area contributed by atoms with Crippen LogP contribution < -0.4 is 10.1 Å². The number of amides is 2. The molecule has 0 aromatic heterocycles. The highest BCUT2D eigenvalue weighted by molar-refractivity contribution is 8.15. The van der Waals surface area contributed by atoms with Crippen molar-refractivity contribution in [2.45, 2.75) is 25.5 Å². The molecular formula is C16H20ClN3O3S. The Labute approximate surface area is 150 Å². The number of methoxy groups -OCH3 is 1. The molecule has 130 valence electrons. The summed E-state index contributed by atoms with van der Waals surface area (Å²) in [5.41, 5.74) is 0.561. The van der Waals surface area contributed by atoms with Gasteiger partial charge in [0.15, 0.2) is 5.17 Å². The van der Waals surface area contributed by atoms with Crippen molar-refractivity contribution in [2.24, 2.45) is 4.99 Å². The number of nitrogens with zero attached hydrogens (tertiary/aromatic N) is 2. The van der Waals surface area contributed by atoms with E-state index in [4.69, 9.17) is 16.3 Å². The molecule has 1 aromatic rings. The van der Waals surface area contributed by atoms with E-state index in [1.165, 1.54) is 18.9 Å². The zero-order valence-corrected chi connectivity index (χ0v) is 15.4. The summed E-state index contributed by atoms with van der Waals surface area (Å²) in [5.74, 6) is 0.0244. The summed E-state index contributed by atoms with van der Waals surface area (Å²) in [6.07, 6.45) is 0.0709. The number of aliphatic imine (C=N–C) groups is 1. The monoisotopic (exact) mass is 369 g/mol. The second-order valence-corrected chi connectivity index (χ2v) is 6.69. The van der Waals surface area contributed by atoms with Crippen LogP contribution in [0.2, 0.25) is 5.02 Å². The van der Waals surface area contributed by atoms with Crippen molar-refractivity contribution in [2.75, 3.05) is 25.5 Å². The van der Waals surface area contributed by atoms with Gasteiger partial charge in [-0.2, -0.15) is 4.99 Å². The van der Waals surface area contributed by atoms with E-state index in [1.807, 2.05) is 18.7 Å². The topological polar surface area (TPSA) is 71.0 Å². The molecule has 0 aliphatic carbocycles. The molecule has 1 aromatic carbocycles. The van der Waals surface area contributed by atoms with Crippen LogP contribution >= 0.6 is 23.4 Å². The highest BCUT2D eigenvalue weighted by Gasteiger charge is 2.32. The second-order valence-electron chi connectivity index (χ2n) is 5.11. The van der Waals surface area contributed by atoms with Crippen molar-refractivity contribution in [3.8, 4) is 5.75 Å². The molecule has 0 fully saturated rings. The number of carbonyl (C=O) groups is 2. The summed E-state index contributed by atoms with van der Waals surface area (Å²) in [6, 6.07) is 4.98. The van der Waals surface area contributed by atoms with E-state index in [0.29, 0.717) is 21.6 Å². The van der Waals surface area contributed by atoms with Gasteiger partial charge in [-0.25, -0.2) is 0 Å². The predicted molar refractivity (Wildman–Crippen MR) is 98.0 cm³/mol. The van der Waals surface area contributed by atoms with Crippen molar-refractivity contribution >= 4 is 46.0 Å². The number of halogens is 1. The van der Waals surface area contributed by atoms with E-state index in [9.17, 15) is 9.59 Å². The number of rotatable bonds is 6. The Morgan fingerprint density at radius 1 is 1.42 bits per heavy atom. The van der Waals surface area contributed by atoms with Crippen LogP contribution in [0.4, 0.5) is 5.69 Å². The Hall–Kier alpha value is -1.73. The van der Waals surface area contributed by atoms with Gasteiger partial charge in [0.2, 0.25) is 5.91 Å². The van der Waals surface area contributed by atoms with Gasteiger partial charge in [-0.15, -0.1) is 0 Å². The number of thioether (sulfide) groups is 1. The molecule has 0 saturated heterocycles. The Morgan fingerprint density at radius 3 is 2.71 bits per heavy atom. The van der Waals surface area contributed by atoms with Gasteiger partial charge >= 0.3 is 0 Å². The molecule has 0 spiro atoms. The zero-order valence-electron chi connectivity index (χ0n) is 13.8. The van der Waals surface area contributed by atoms with Crippen LogP contribution in [0.1, 0.15) is 20.3 Å². The maximum Gasteiger partial charge on any atom is 0.262 e. The molecule has 6 nitrogen and oxygen atoms in total. The van der Waals surface area contributed by atoms with Crippen LogP contribution in [0.25, 0.3) is 0 Å². The molecule has 1 aliphatic rings. The Morgan fingerprint density at radius 2 is 2.12 bits per heavy atom. The first kappa shape index (κ1) is 18.6. The smallest absolute Gasteiger partial charge is 0.262 e. The Balaban J connectivity index is 1.94.